The van der Waals surface area contributed by atoms with Gasteiger partial charge in [-0.2, -0.15) is 0 Å². The van der Waals surface area contributed by atoms with Crippen LogP contribution in [0.15, 0.2) is 60.7 Å². The lowest BCUT2D eigenvalue weighted by Gasteiger charge is -2.28. The summed E-state index contributed by atoms with van der Waals surface area (Å²) in [6.07, 6.45) is 2.91. The van der Waals surface area contributed by atoms with Crippen molar-refractivity contribution in [1.82, 2.24) is 9.80 Å². The van der Waals surface area contributed by atoms with E-state index in [1.54, 1.807) is 22.9 Å². The van der Waals surface area contributed by atoms with E-state index in [0.717, 1.165) is 6.42 Å². The molecule has 0 aliphatic carbocycles. The predicted molar refractivity (Wildman–Crippen MR) is 108 cm³/mol. The van der Waals surface area contributed by atoms with Gasteiger partial charge in [-0.1, -0.05) is 42.5 Å². The van der Waals surface area contributed by atoms with Gasteiger partial charge >= 0.3 is 0 Å². The fraction of sp³-hybridized carbons (Fsp3) is 0.273. The summed E-state index contributed by atoms with van der Waals surface area (Å²) in [6.45, 7) is 1.46. The van der Waals surface area contributed by atoms with Crippen LogP contribution in [-0.4, -0.2) is 54.8 Å². The number of halogens is 1. The Kier molecular flexibility index (Phi) is 6.55. The molecule has 0 fully saturated rings. The molecule has 1 N–H and O–H groups in total. The molecular weight excluding hydrogens is 357 g/mol. The molecule has 0 unspecified atom stereocenters. The van der Waals surface area contributed by atoms with Crippen molar-refractivity contribution in [1.29, 1.82) is 0 Å². The van der Waals surface area contributed by atoms with Crippen LogP contribution in [0.1, 0.15) is 12.0 Å². The summed E-state index contributed by atoms with van der Waals surface area (Å²) in [4.78, 5) is 28.1. The molecular formula is C22H24FN3O2. The molecule has 146 valence electrons. The van der Waals surface area contributed by atoms with Gasteiger partial charge in [0.1, 0.15) is 5.82 Å². The van der Waals surface area contributed by atoms with Crippen LogP contribution in [-0.2, 0) is 9.59 Å². The van der Waals surface area contributed by atoms with Crippen molar-refractivity contribution in [3.05, 3.63) is 72.1 Å². The smallest absolute Gasteiger partial charge is 0.238 e. The number of rotatable bonds is 6. The lowest BCUT2D eigenvalue weighted by atomic mass is 9.99. The quantitative estimate of drug-likeness (QED) is 0.837. The molecule has 1 heterocycles. The number of carbonyl (C=O) groups is 2. The van der Waals surface area contributed by atoms with E-state index in [9.17, 15) is 14.0 Å². The summed E-state index contributed by atoms with van der Waals surface area (Å²) in [6, 6.07) is 15.9. The van der Waals surface area contributed by atoms with Crippen LogP contribution < -0.4 is 5.32 Å². The van der Waals surface area contributed by atoms with Crippen LogP contribution in [0.3, 0.4) is 0 Å². The maximum absolute atomic E-state index is 13.2. The standard InChI is InChI=1S/C22H24FN3O2/c1-25(15-21(27)24-20-9-5-8-19(23)14-20)16-22(28)26-12-10-18(11-13-26)17-6-3-2-4-7-17/h2-10,14H,11-13,15-16H2,1H3,(H,24,27). The van der Waals surface area contributed by atoms with Gasteiger partial charge in [-0.3, -0.25) is 14.5 Å². The summed E-state index contributed by atoms with van der Waals surface area (Å²) in [5.74, 6) is -0.704. The Morgan fingerprint density at radius 3 is 2.57 bits per heavy atom. The molecule has 1 aliphatic heterocycles. The lowest BCUT2D eigenvalue weighted by molar-refractivity contribution is -0.132. The van der Waals surface area contributed by atoms with E-state index in [1.807, 2.05) is 18.2 Å². The molecule has 0 saturated carbocycles. The normalized spacial score (nSPS) is 14.0. The second kappa shape index (κ2) is 9.28. The van der Waals surface area contributed by atoms with Gasteiger partial charge in [0.15, 0.2) is 0 Å². The Bertz CT molecular complexity index is 867. The lowest BCUT2D eigenvalue weighted by Crippen LogP contribution is -2.42. The molecule has 0 spiro atoms. The highest BCUT2D eigenvalue weighted by molar-refractivity contribution is 5.92. The minimum atomic E-state index is -0.408. The van der Waals surface area contributed by atoms with Crippen molar-refractivity contribution in [2.45, 2.75) is 6.42 Å². The molecule has 0 atom stereocenters. The van der Waals surface area contributed by atoms with Gasteiger partial charge in [0.25, 0.3) is 0 Å². The Morgan fingerprint density at radius 2 is 1.89 bits per heavy atom. The van der Waals surface area contributed by atoms with Gasteiger partial charge in [0.05, 0.1) is 13.1 Å². The van der Waals surface area contributed by atoms with Crippen molar-refractivity contribution in [3.8, 4) is 0 Å². The van der Waals surface area contributed by atoms with Crippen LogP contribution in [0.25, 0.3) is 5.57 Å². The third kappa shape index (κ3) is 5.50. The third-order valence-electron chi connectivity index (χ3n) is 4.63. The monoisotopic (exact) mass is 381 g/mol. The average molecular weight is 381 g/mol. The van der Waals surface area contributed by atoms with E-state index in [-0.39, 0.29) is 24.9 Å². The Hall–Kier alpha value is -2.99. The minimum absolute atomic E-state index is 0.00980. The van der Waals surface area contributed by atoms with Gasteiger partial charge in [-0.25, -0.2) is 4.39 Å². The van der Waals surface area contributed by atoms with E-state index < -0.39 is 5.82 Å². The van der Waals surface area contributed by atoms with Gasteiger partial charge < -0.3 is 10.2 Å². The van der Waals surface area contributed by atoms with Gasteiger partial charge in [-0.05, 0) is 42.8 Å². The maximum atomic E-state index is 13.2. The van der Waals surface area contributed by atoms with Crippen molar-refractivity contribution in [2.24, 2.45) is 0 Å². The molecule has 2 aromatic rings. The molecule has 0 radical (unpaired) electrons. The zero-order valence-corrected chi connectivity index (χ0v) is 15.9. The topological polar surface area (TPSA) is 52.7 Å². The molecule has 0 saturated heterocycles. The van der Waals surface area contributed by atoms with Crippen molar-refractivity contribution in [2.75, 3.05) is 38.5 Å². The van der Waals surface area contributed by atoms with Crippen molar-refractivity contribution in [3.63, 3.8) is 0 Å². The first kappa shape index (κ1) is 19.8. The van der Waals surface area contributed by atoms with E-state index in [1.165, 1.54) is 29.3 Å². The highest BCUT2D eigenvalue weighted by atomic mass is 19.1. The molecule has 2 amide bonds. The zero-order chi connectivity index (χ0) is 19.9. The van der Waals surface area contributed by atoms with Gasteiger partial charge in [0.2, 0.25) is 11.8 Å². The van der Waals surface area contributed by atoms with Crippen molar-refractivity contribution < 1.29 is 14.0 Å². The number of anilines is 1. The molecule has 0 aromatic heterocycles. The SMILES string of the molecule is CN(CC(=O)Nc1cccc(F)c1)CC(=O)N1CC=C(c2ccccc2)CC1. The molecule has 28 heavy (non-hydrogen) atoms. The summed E-state index contributed by atoms with van der Waals surface area (Å²) in [5, 5.41) is 2.64. The average Bonchev–Trinajstić information content (AvgIpc) is 2.68. The molecule has 6 heteroatoms. The molecule has 1 aliphatic rings. The fourth-order valence-corrected chi connectivity index (χ4v) is 3.21. The number of nitrogens with zero attached hydrogens (tertiary/aromatic N) is 2. The van der Waals surface area contributed by atoms with Gasteiger partial charge in [-0.15, -0.1) is 0 Å². The molecule has 0 bridgehead atoms. The molecule has 3 rings (SSSR count). The maximum Gasteiger partial charge on any atom is 0.238 e. The van der Waals surface area contributed by atoms with Crippen LogP contribution in [0.2, 0.25) is 0 Å². The van der Waals surface area contributed by atoms with Crippen LogP contribution in [0.4, 0.5) is 10.1 Å². The number of hydrogen-bond acceptors (Lipinski definition) is 3. The highest BCUT2D eigenvalue weighted by Gasteiger charge is 2.20. The Morgan fingerprint density at radius 1 is 1.11 bits per heavy atom. The van der Waals surface area contributed by atoms with Crippen LogP contribution in [0.5, 0.6) is 0 Å². The van der Waals surface area contributed by atoms with Gasteiger partial charge in [0, 0.05) is 18.8 Å². The summed E-state index contributed by atoms with van der Waals surface area (Å²) < 4.78 is 13.2. The summed E-state index contributed by atoms with van der Waals surface area (Å²) >= 11 is 0. The third-order valence-corrected chi connectivity index (χ3v) is 4.63. The van der Waals surface area contributed by atoms with E-state index in [4.69, 9.17) is 0 Å². The summed E-state index contributed by atoms with van der Waals surface area (Å²) in [5.41, 5.74) is 2.85. The first-order valence-corrected chi connectivity index (χ1v) is 9.27. The first-order chi connectivity index (χ1) is 13.5. The number of carbonyl (C=O) groups excluding carboxylic acids is 2. The second-order valence-electron chi connectivity index (χ2n) is 6.92. The predicted octanol–water partition coefficient (Wildman–Crippen LogP) is 3.01. The van der Waals surface area contributed by atoms with E-state index in [0.29, 0.717) is 18.8 Å². The number of hydrogen-bond donors (Lipinski definition) is 1. The highest BCUT2D eigenvalue weighted by Crippen LogP contribution is 2.22. The minimum Gasteiger partial charge on any atom is -0.338 e. The Labute approximate surface area is 164 Å². The van der Waals surface area contributed by atoms with Crippen LogP contribution in [0, 0.1) is 5.82 Å². The fourth-order valence-electron chi connectivity index (χ4n) is 3.21. The number of nitrogens with one attached hydrogen (secondary N) is 1. The zero-order valence-electron chi connectivity index (χ0n) is 15.9. The number of amides is 2. The molecule has 5 nitrogen and oxygen atoms in total. The summed E-state index contributed by atoms with van der Waals surface area (Å²) in [7, 11) is 1.72. The van der Waals surface area contributed by atoms with E-state index >= 15 is 0 Å². The number of likely N-dealkylation sites (N-methyl/N-ethyl adjacent to an activating group) is 1. The largest absolute Gasteiger partial charge is 0.338 e. The Balaban J connectivity index is 1.47. The number of benzene rings is 2. The van der Waals surface area contributed by atoms with Crippen LogP contribution >= 0.6 is 0 Å². The van der Waals surface area contributed by atoms with E-state index in [2.05, 4.69) is 23.5 Å². The molecule has 2 aromatic carbocycles. The first-order valence-electron chi connectivity index (χ1n) is 9.27. The van der Waals surface area contributed by atoms with Crippen molar-refractivity contribution >= 4 is 23.1 Å². The second-order valence-corrected chi connectivity index (χ2v) is 6.92.